The van der Waals surface area contributed by atoms with Crippen molar-refractivity contribution in [3.63, 3.8) is 0 Å². The molecule has 0 radical (unpaired) electrons. The molecular weight excluding hydrogens is 416 g/mol. The van der Waals surface area contributed by atoms with Crippen LogP contribution in [0, 0.1) is 0 Å². The van der Waals surface area contributed by atoms with E-state index in [-0.39, 0.29) is 12.5 Å². The predicted octanol–water partition coefficient (Wildman–Crippen LogP) is 4.17. The lowest BCUT2D eigenvalue weighted by Crippen LogP contribution is -2.24. The van der Waals surface area contributed by atoms with E-state index in [1.807, 2.05) is 18.4 Å². The molecule has 0 aliphatic carbocycles. The molecule has 28 heavy (non-hydrogen) atoms. The van der Waals surface area contributed by atoms with Crippen molar-refractivity contribution in [1.29, 1.82) is 0 Å². The van der Waals surface area contributed by atoms with Crippen LogP contribution in [0.25, 0.3) is 31.5 Å². The number of aromatic nitrogens is 3. The molecule has 2 aromatic carbocycles. The number of nitrogens with one attached hydrogen (secondary N) is 1. The van der Waals surface area contributed by atoms with Gasteiger partial charge < -0.3 is 9.73 Å². The molecule has 1 amide bonds. The second kappa shape index (κ2) is 6.73. The smallest absolute Gasteiger partial charge is 0.408 e. The van der Waals surface area contributed by atoms with E-state index < -0.39 is 5.76 Å². The van der Waals surface area contributed by atoms with Crippen LogP contribution in [0.4, 0.5) is 5.13 Å². The van der Waals surface area contributed by atoms with Gasteiger partial charge >= 0.3 is 5.76 Å². The van der Waals surface area contributed by atoms with Gasteiger partial charge in [-0.1, -0.05) is 35.2 Å². The fraction of sp³-hybridized carbons (Fsp3) is 0.111. The zero-order chi connectivity index (χ0) is 19.3. The van der Waals surface area contributed by atoms with Crippen LogP contribution in [-0.2, 0) is 11.3 Å². The Morgan fingerprint density at radius 1 is 1.14 bits per heavy atom. The average molecular weight is 429 g/mol. The molecule has 0 saturated heterocycles. The normalized spacial score (nSPS) is 11.6. The highest BCUT2D eigenvalue weighted by molar-refractivity contribution is 8.00. The van der Waals surface area contributed by atoms with E-state index >= 15 is 0 Å². The molecule has 0 aliphatic heterocycles. The van der Waals surface area contributed by atoms with Gasteiger partial charge in [0, 0.05) is 0 Å². The Labute approximate surface area is 170 Å². The maximum atomic E-state index is 12.5. The zero-order valence-corrected chi connectivity index (χ0v) is 16.9. The Morgan fingerprint density at radius 3 is 2.71 bits per heavy atom. The second-order valence-electron chi connectivity index (χ2n) is 5.93. The highest BCUT2D eigenvalue weighted by Gasteiger charge is 2.16. The summed E-state index contributed by atoms with van der Waals surface area (Å²) in [6.45, 7) is -0.141. The molecule has 0 spiro atoms. The molecule has 3 heterocycles. The highest BCUT2D eigenvalue weighted by Crippen LogP contribution is 2.37. The third-order valence-corrected chi connectivity index (χ3v) is 7.40. The molecule has 0 aliphatic rings. The number of rotatable bonds is 4. The third kappa shape index (κ3) is 2.89. The van der Waals surface area contributed by atoms with E-state index in [2.05, 4.69) is 15.3 Å². The van der Waals surface area contributed by atoms with Crippen molar-refractivity contribution < 1.29 is 9.21 Å². The van der Waals surface area contributed by atoms with Crippen molar-refractivity contribution in [2.45, 2.75) is 10.9 Å². The van der Waals surface area contributed by atoms with Crippen molar-refractivity contribution in [2.24, 2.45) is 0 Å². The fourth-order valence-electron chi connectivity index (χ4n) is 2.96. The fourth-order valence-corrected chi connectivity index (χ4v) is 5.63. The zero-order valence-electron chi connectivity index (χ0n) is 14.5. The Morgan fingerprint density at radius 2 is 1.89 bits per heavy atom. The second-order valence-corrected chi connectivity index (χ2v) is 8.99. The van der Waals surface area contributed by atoms with Crippen LogP contribution < -0.4 is 11.1 Å². The molecule has 0 bridgehead atoms. The van der Waals surface area contributed by atoms with Crippen LogP contribution in [0.1, 0.15) is 0 Å². The number of oxazole rings is 1. The van der Waals surface area contributed by atoms with Gasteiger partial charge in [0.2, 0.25) is 5.91 Å². The minimum absolute atomic E-state index is 0.141. The number of thiazole rings is 2. The summed E-state index contributed by atoms with van der Waals surface area (Å²) in [6.07, 6.45) is 1.99. The van der Waals surface area contributed by atoms with E-state index in [0.717, 1.165) is 24.8 Å². The van der Waals surface area contributed by atoms with E-state index in [1.54, 1.807) is 47.4 Å². The van der Waals surface area contributed by atoms with Gasteiger partial charge in [0.25, 0.3) is 0 Å². The quantitative estimate of drug-likeness (QED) is 0.432. The van der Waals surface area contributed by atoms with Gasteiger partial charge in [0.15, 0.2) is 15.1 Å². The molecule has 1 N–H and O–H groups in total. The summed E-state index contributed by atoms with van der Waals surface area (Å²) in [5.74, 6) is -0.894. The molecule has 0 fully saturated rings. The van der Waals surface area contributed by atoms with Crippen LogP contribution in [0.3, 0.4) is 0 Å². The number of hydrogen-bond donors (Lipinski definition) is 1. The number of thioether (sulfide) groups is 1. The Bertz CT molecular complexity index is 1410. The number of nitrogens with zero attached hydrogens (tertiary/aromatic N) is 3. The van der Waals surface area contributed by atoms with Gasteiger partial charge in [-0.2, -0.15) is 0 Å². The standard InChI is InChI=1S/C18H12N4O3S3/c1-26-17-20-10-7-6-9-14(15(10)28-17)27-16(19-9)21-13(23)8-22-11-4-2-3-5-12(11)25-18(22)24/h2-7H,8H2,1H3,(H,19,21,23). The molecule has 7 nitrogen and oxygen atoms in total. The Balaban J connectivity index is 1.45. The highest BCUT2D eigenvalue weighted by atomic mass is 32.2. The third-order valence-electron chi connectivity index (χ3n) is 4.19. The molecule has 5 aromatic rings. The van der Waals surface area contributed by atoms with Crippen LogP contribution in [0.2, 0.25) is 0 Å². The molecule has 3 aromatic heterocycles. The van der Waals surface area contributed by atoms with Crippen LogP contribution >= 0.6 is 34.4 Å². The number of amides is 1. The van der Waals surface area contributed by atoms with Crippen LogP contribution in [-0.4, -0.2) is 26.7 Å². The van der Waals surface area contributed by atoms with Crippen molar-refractivity contribution in [3.05, 3.63) is 46.9 Å². The number of para-hydroxylation sites is 2. The summed E-state index contributed by atoms with van der Waals surface area (Å²) in [5.41, 5.74) is 2.79. The van der Waals surface area contributed by atoms with Crippen LogP contribution in [0.5, 0.6) is 0 Å². The Hall–Kier alpha value is -2.69. The minimum atomic E-state index is -0.559. The molecule has 10 heteroatoms. The van der Waals surface area contributed by atoms with E-state index in [0.29, 0.717) is 16.2 Å². The first-order chi connectivity index (χ1) is 13.6. The average Bonchev–Trinajstić information content (AvgIpc) is 3.36. The first-order valence-corrected chi connectivity index (χ1v) is 11.1. The largest absolute Gasteiger partial charge is 0.420 e. The minimum Gasteiger partial charge on any atom is -0.408 e. The van der Waals surface area contributed by atoms with E-state index in [9.17, 15) is 9.59 Å². The summed E-state index contributed by atoms with van der Waals surface area (Å²) in [6, 6.07) is 10.9. The SMILES string of the molecule is CSc1nc2ccc3nc(NC(=O)Cn4c(=O)oc5ccccc54)sc3c2s1. The van der Waals surface area contributed by atoms with Crippen molar-refractivity contribution in [3.8, 4) is 0 Å². The topological polar surface area (TPSA) is 90.0 Å². The molecule has 140 valence electrons. The molecular formula is C18H12N4O3S3. The van der Waals surface area contributed by atoms with Gasteiger partial charge in [-0.3, -0.25) is 9.36 Å². The number of carbonyl (C=O) groups is 1. The van der Waals surface area contributed by atoms with Gasteiger partial charge in [-0.05, 0) is 30.5 Å². The summed E-state index contributed by atoms with van der Waals surface area (Å²) in [7, 11) is 0. The van der Waals surface area contributed by atoms with Gasteiger partial charge in [-0.25, -0.2) is 14.8 Å². The lowest BCUT2D eigenvalue weighted by atomic mass is 10.3. The number of anilines is 1. The molecule has 0 atom stereocenters. The molecule has 0 saturated carbocycles. The van der Waals surface area contributed by atoms with E-state index in [1.165, 1.54) is 15.9 Å². The summed E-state index contributed by atoms with van der Waals surface area (Å²) < 4.78 is 9.53. The number of carbonyl (C=O) groups excluding carboxylic acids is 1. The summed E-state index contributed by atoms with van der Waals surface area (Å²) in [5, 5.41) is 3.29. The van der Waals surface area contributed by atoms with Crippen LogP contribution in [0.15, 0.2) is 49.9 Å². The number of fused-ring (bicyclic) bond motifs is 4. The van der Waals surface area contributed by atoms with Crippen molar-refractivity contribution in [1.82, 2.24) is 14.5 Å². The predicted molar refractivity (Wildman–Crippen MR) is 114 cm³/mol. The first-order valence-electron chi connectivity index (χ1n) is 8.24. The van der Waals surface area contributed by atoms with Gasteiger partial charge in [0.1, 0.15) is 6.54 Å². The monoisotopic (exact) mass is 428 g/mol. The number of benzene rings is 2. The van der Waals surface area contributed by atoms with Crippen molar-refractivity contribution >= 4 is 77.0 Å². The van der Waals surface area contributed by atoms with Gasteiger partial charge in [0.05, 0.1) is 25.9 Å². The summed E-state index contributed by atoms with van der Waals surface area (Å²) >= 11 is 4.63. The first kappa shape index (κ1) is 17.4. The van der Waals surface area contributed by atoms with E-state index in [4.69, 9.17) is 4.42 Å². The molecule has 5 rings (SSSR count). The maximum Gasteiger partial charge on any atom is 0.420 e. The van der Waals surface area contributed by atoms with Gasteiger partial charge in [-0.15, -0.1) is 11.3 Å². The number of hydrogen-bond acceptors (Lipinski definition) is 8. The lowest BCUT2D eigenvalue weighted by Gasteiger charge is -2.02. The van der Waals surface area contributed by atoms with Crippen molar-refractivity contribution in [2.75, 3.05) is 11.6 Å². The maximum absolute atomic E-state index is 12.5. The summed E-state index contributed by atoms with van der Waals surface area (Å²) in [4.78, 5) is 33.6. The Kier molecular flexibility index (Phi) is 4.18. The molecule has 0 unspecified atom stereocenters. The lowest BCUT2D eigenvalue weighted by molar-refractivity contribution is -0.116.